The smallest absolute Gasteiger partial charge is 0.246 e. The average Bonchev–Trinajstić information content (AvgIpc) is 3.65. The third-order valence-electron chi connectivity index (χ3n) is 12.4. The Morgan fingerprint density at radius 1 is 1.02 bits per heavy atom. The molecule has 2 saturated heterocycles. The van der Waals surface area contributed by atoms with Crippen LogP contribution in [0, 0.1) is 17.3 Å². The maximum absolute atomic E-state index is 13.5. The number of carbonyl (C=O) groups excluding carboxylic acids is 2. The molecule has 0 bridgehead atoms. The fraction of sp³-hybridized carbons (Fsp3) is 0.650. The minimum Gasteiger partial charge on any atom is -0.507 e. The molecule has 4 aliphatic rings. The molecule has 1 aliphatic carbocycles. The summed E-state index contributed by atoms with van der Waals surface area (Å²) in [5.41, 5.74) is 4.36. The Hall–Kier alpha value is -3.54. The van der Waals surface area contributed by atoms with Crippen LogP contribution in [-0.2, 0) is 16.0 Å². The van der Waals surface area contributed by atoms with Gasteiger partial charge in [0.1, 0.15) is 11.8 Å². The number of amides is 2. The lowest BCUT2D eigenvalue weighted by molar-refractivity contribution is -0.141. The molecule has 11 nitrogen and oxygen atoms in total. The predicted octanol–water partition coefficient (Wildman–Crippen LogP) is 5.03. The number of nitrogens with one attached hydrogen (secondary N) is 2. The Morgan fingerprint density at radius 3 is 2.41 bits per heavy atom. The van der Waals surface area contributed by atoms with Crippen LogP contribution in [-0.4, -0.2) is 109 Å². The molecule has 3 aromatic rings. The third kappa shape index (κ3) is 7.39. The van der Waals surface area contributed by atoms with E-state index in [9.17, 15) is 19.8 Å². The number of para-hydroxylation sites is 1. The molecule has 4 atom stereocenters. The molecule has 276 valence electrons. The van der Waals surface area contributed by atoms with Crippen molar-refractivity contribution >= 4 is 22.8 Å². The van der Waals surface area contributed by atoms with E-state index in [-0.39, 0.29) is 35.6 Å². The Morgan fingerprint density at radius 2 is 1.75 bits per heavy atom. The summed E-state index contributed by atoms with van der Waals surface area (Å²) in [6, 6.07) is 9.58. The van der Waals surface area contributed by atoms with E-state index >= 15 is 0 Å². The molecular weight excluding hydrogens is 642 g/mol. The van der Waals surface area contributed by atoms with Crippen molar-refractivity contribution in [3.63, 3.8) is 0 Å². The Kier molecular flexibility index (Phi) is 10.2. The van der Waals surface area contributed by atoms with Crippen LogP contribution in [0.4, 0.5) is 0 Å². The number of fused-ring (bicyclic) bond motifs is 3. The first-order valence-corrected chi connectivity index (χ1v) is 19.3. The molecule has 7 rings (SSSR count). The van der Waals surface area contributed by atoms with Gasteiger partial charge in [0, 0.05) is 66.7 Å². The minimum absolute atomic E-state index is 0.00803. The molecule has 0 radical (unpaired) electrons. The number of β-amino-alcohol motifs (C(OH)–C–C–N with tert-alkyl or cyclic N) is 1. The predicted molar refractivity (Wildman–Crippen MR) is 198 cm³/mol. The fourth-order valence-electron chi connectivity index (χ4n) is 9.44. The molecule has 5 heterocycles. The van der Waals surface area contributed by atoms with Crippen LogP contribution >= 0.6 is 0 Å². The summed E-state index contributed by atoms with van der Waals surface area (Å²) < 4.78 is 0. The zero-order valence-electron chi connectivity index (χ0n) is 31.1. The van der Waals surface area contributed by atoms with Crippen molar-refractivity contribution in [2.45, 2.75) is 116 Å². The molecule has 2 amide bonds. The Balaban J connectivity index is 0.905. The first kappa shape index (κ1) is 35.8. The molecule has 0 unspecified atom stereocenters. The number of likely N-dealkylation sites (tertiary alicyclic amines) is 2. The summed E-state index contributed by atoms with van der Waals surface area (Å²) in [4.78, 5) is 37.6. The zero-order chi connectivity index (χ0) is 36.0. The molecule has 0 spiro atoms. The molecular formula is C40H57N7O4. The Bertz CT molecular complexity index is 1720. The van der Waals surface area contributed by atoms with Gasteiger partial charge in [-0.25, -0.2) is 0 Å². The first-order valence-electron chi connectivity index (χ1n) is 19.3. The maximum atomic E-state index is 13.5. The van der Waals surface area contributed by atoms with Gasteiger partial charge >= 0.3 is 0 Å². The number of rotatable bonds is 7. The maximum Gasteiger partial charge on any atom is 0.246 e. The van der Waals surface area contributed by atoms with Crippen molar-refractivity contribution in [2.75, 3.05) is 32.7 Å². The van der Waals surface area contributed by atoms with E-state index in [4.69, 9.17) is 0 Å². The number of aromatic amines is 1. The number of piperidine rings is 1. The summed E-state index contributed by atoms with van der Waals surface area (Å²) in [5, 5.41) is 33.8. The number of aromatic nitrogens is 3. The highest BCUT2D eigenvalue weighted by atomic mass is 16.3. The van der Waals surface area contributed by atoms with Crippen LogP contribution in [0.25, 0.3) is 22.3 Å². The van der Waals surface area contributed by atoms with E-state index in [2.05, 4.69) is 43.3 Å². The van der Waals surface area contributed by atoms with Crippen LogP contribution in [0.2, 0.25) is 0 Å². The molecule has 3 aliphatic heterocycles. The van der Waals surface area contributed by atoms with Crippen molar-refractivity contribution in [3.05, 3.63) is 41.6 Å². The number of phenolic OH excluding ortho intramolecular Hbond substituents is 1. The number of hydrogen-bond acceptors (Lipinski definition) is 8. The van der Waals surface area contributed by atoms with Gasteiger partial charge in [0.2, 0.25) is 11.8 Å². The van der Waals surface area contributed by atoms with Gasteiger partial charge in [-0.05, 0) is 107 Å². The van der Waals surface area contributed by atoms with E-state index in [0.717, 1.165) is 56.5 Å². The van der Waals surface area contributed by atoms with Crippen molar-refractivity contribution < 1.29 is 19.8 Å². The number of H-pyrrole nitrogens is 1. The van der Waals surface area contributed by atoms with Gasteiger partial charge in [0.05, 0.1) is 11.8 Å². The molecule has 51 heavy (non-hydrogen) atoms. The molecule has 11 heteroatoms. The molecule has 1 aromatic carbocycles. The highest BCUT2D eigenvalue weighted by Crippen LogP contribution is 2.41. The molecule has 4 N–H and O–H groups in total. The second kappa shape index (κ2) is 14.5. The number of carbonyl (C=O) groups is 2. The highest BCUT2D eigenvalue weighted by molar-refractivity contribution is 5.89. The van der Waals surface area contributed by atoms with Gasteiger partial charge in [-0.2, -0.15) is 0 Å². The normalized spacial score (nSPS) is 27.4. The lowest BCUT2D eigenvalue weighted by atomic mass is 9.82. The number of nitrogens with zero attached hydrogens (tertiary/aromatic N) is 5. The molecule has 2 aromatic heterocycles. The number of aliphatic hydroxyl groups excluding tert-OH is 1. The van der Waals surface area contributed by atoms with Crippen molar-refractivity contribution in [1.82, 2.24) is 35.2 Å². The third-order valence-corrected chi connectivity index (χ3v) is 12.4. The standard InChI is InChI=1S/C40H57N7O4/c1-24-20-29(48)23-47(24)39(51)36(40(3,4)5)42-38(50)27-14-17-45(18-15-27)22-26-10-12-28(13-11-26)46-19-16-32-35(25(46)2)31-21-33(43-44-37(31)41-32)30-8-6-7-9-34(30)49/h6-9,21,24-29,36,48-49H,10-20,22-23H2,1-5H3,(H,41,44)(H,42,50)/t24-,25-,26?,28?,29-,36-/m1/s1. The summed E-state index contributed by atoms with van der Waals surface area (Å²) >= 11 is 0. The van der Waals surface area contributed by atoms with Gasteiger partial charge < -0.3 is 30.3 Å². The van der Waals surface area contributed by atoms with Crippen LogP contribution in [0.15, 0.2) is 30.3 Å². The summed E-state index contributed by atoms with van der Waals surface area (Å²) in [6.45, 7) is 14.6. The number of hydrogen-bond donors (Lipinski definition) is 4. The number of aliphatic hydroxyl groups is 1. The summed E-state index contributed by atoms with van der Waals surface area (Å²) in [7, 11) is 0. The molecule has 1 saturated carbocycles. The average molecular weight is 700 g/mol. The topological polar surface area (TPSA) is 138 Å². The van der Waals surface area contributed by atoms with Gasteiger partial charge in [-0.3, -0.25) is 14.5 Å². The van der Waals surface area contributed by atoms with Crippen LogP contribution in [0.5, 0.6) is 5.75 Å². The summed E-state index contributed by atoms with van der Waals surface area (Å²) in [5.74, 6) is 0.719. The lowest BCUT2D eigenvalue weighted by Crippen LogP contribution is -2.57. The van der Waals surface area contributed by atoms with E-state index in [0.29, 0.717) is 36.2 Å². The highest BCUT2D eigenvalue weighted by Gasteiger charge is 2.42. The van der Waals surface area contributed by atoms with Crippen LogP contribution in [0.3, 0.4) is 0 Å². The SMILES string of the molecule is C[C@@H]1C[C@@H](O)CN1C(=O)[C@@H](NC(=O)C1CCN(CC2CCC(N3CCc4[nH]c5nnc(-c6ccccc6O)cc5c4[C@H]3C)CC2)CC1)C(C)(C)C. The number of benzene rings is 1. The van der Waals surface area contributed by atoms with Gasteiger partial charge in [-0.15, -0.1) is 10.2 Å². The van der Waals surface area contributed by atoms with Crippen molar-refractivity contribution in [1.29, 1.82) is 0 Å². The second-order valence-electron chi connectivity index (χ2n) is 17.0. The van der Waals surface area contributed by atoms with Crippen LogP contribution in [0.1, 0.15) is 96.9 Å². The fourth-order valence-corrected chi connectivity index (χ4v) is 9.44. The largest absolute Gasteiger partial charge is 0.507 e. The van der Waals surface area contributed by atoms with Crippen LogP contribution < -0.4 is 5.32 Å². The first-order chi connectivity index (χ1) is 24.4. The van der Waals surface area contributed by atoms with Gasteiger partial charge in [0.25, 0.3) is 0 Å². The summed E-state index contributed by atoms with van der Waals surface area (Å²) in [6.07, 6.45) is 7.53. The number of phenols is 1. The zero-order valence-corrected chi connectivity index (χ0v) is 31.1. The van der Waals surface area contributed by atoms with E-state index in [1.54, 1.807) is 11.0 Å². The quantitative estimate of drug-likeness (QED) is 0.270. The van der Waals surface area contributed by atoms with E-state index < -0.39 is 17.6 Å². The number of aromatic hydroxyl groups is 1. The minimum atomic E-state index is -0.606. The van der Waals surface area contributed by atoms with Gasteiger partial charge in [-0.1, -0.05) is 32.9 Å². The monoisotopic (exact) mass is 699 g/mol. The van der Waals surface area contributed by atoms with Gasteiger partial charge in [0.15, 0.2) is 5.65 Å². The second-order valence-corrected chi connectivity index (χ2v) is 17.0. The van der Waals surface area contributed by atoms with Crippen molar-refractivity contribution in [2.24, 2.45) is 17.3 Å². The lowest BCUT2D eigenvalue weighted by Gasteiger charge is -2.43. The van der Waals surface area contributed by atoms with Crippen molar-refractivity contribution in [3.8, 4) is 17.0 Å². The Labute approximate surface area is 302 Å². The van der Waals surface area contributed by atoms with E-state index in [1.807, 2.05) is 45.9 Å². The van der Waals surface area contributed by atoms with E-state index in [1.165, 1.54) is 36.9 Å². The molecule has 3 fully saturated rings.